The second kappa shape index (κ2) is 9.58. The maximum atomic E-state index is 12.3. The van der Waals surface area contributed by atoms with Gasteiger partial charge in [0.25, 0.3) is 0 Å². The molecule has 1 aliphatic rings. The molecule has 0 radical (unpaired) electrons. The number of carboxylic acids is 1. The maximum absolute atomic E-state index is 12.3. The van der Waals surface area contributed by atoms with Gasteiger partial charge in [-0.2, -0.15) is 4.31 Å². The first-order chi connectivity index (χ1) is 17.6. The van der Waals surface area contributed by atoms with Crippen molar-refractivity contribution in [1.82, 2.24) is 23.8 Å². The van der Waals surface area contributed by atoms with Crippen molar-refractivity contribution < 1.29 is 18.3 Å². The molecule has 0 saturated carbocycles. The third kappa shape index (κ3) is 4.64. The molecule has 1 aliphatic heterocycles. The van der Waals surface area contributed by atoms with Crippen LogP contribution in [0.1, 0.15) is 35.1 Å². The molecule has 10 nitrogen and oxygen atoms in total. The second-order valence-corrected chi connectivity index (χ2v) is 12.2. The largest absolute Gasteiger partial charge is 0.478 e. The summed E-state index contributed by atoms with van der Waals surface area (Å²) in [5, 5.41) is 12.7. The number of nitrogens with zero attached hydrogens (tertiary/aromatic N) is 4. The summed E-state index contributed by atoms with van der Waals surface area (Å²) in [4.78, 5) is 23.9. The van der Waals surface area contributed by atoms with E-state index in [9.17, 15) is 18.3 Å². The summed E-state index contributed by atoms with van der Waals surface area (Å²) in [5.74, 6) is -0.211. The van der Waals surface area contributed by atoms with Crippen molar-refractivity contribution in [3.63, 3.8) is 0 Å². The van der Waals surface area contributed by atoms with Crippen molar-refractivity contribution in [3.05, 3.63) is 58.0 Å². The fourth-order valence-corrected chi connectivity index (χ4v) is 6.41. The number of hydrogen-bond donors (Lipinski definition) is 3. The van der Waals surface area contributed by atoms with Crippen LogP contribution in [0.5, 0.6) is 0 Å². The van der Waals surface area contributed by atoms with Gasteiger partial charge < -0.3 is 20.0 Å². The number of fused-ring (bicyclic) bond motifs is 1. The second-order valence-electron chi connectivity index (χ2n) is 9.13. The summed E-state index contributed by atoms with van der Waals surface area (Å²) in [7, 11) is -3.23. The number of carboxylic acid groups (broad SMARTS) is 1. The lowest BCUT2D eigenvalue weighted by Crippen LogP contribution is -2.32. The monoisotopic (exact) mass is 586 g/mol. The Bertz CT molecular complexity index is 1610. The summed E-state index contributed by atoms with van der Waals surface area (Å²) in [6.45, 7) is 6.54. The van der Waals surface area contributed by atoms with Gasteiger partial charge in [0.2, 0.25) is 10.0 Å². The molecule has 1 saturated heterocycles. The zero-order valence-corrected chi connectivity index (χ0v) is 23.0. The van der Waals surface area contributed by atoms with Crippen LogP contribution in [0.15, 0.2) is 41.0 Å². The number of aromatic amines is 1. The molecule has 4 heterocycles. The van der Waals surface area contributed by atoms with Crippen molar-refractivity contribution in [2.45, 2.75) is 33.2 Å². The van der Waals surface area contributed by atoms with E-state index in [-0.39, 0.29) is 17.4 Å². The number of rotatable bonds is 7. The van der Waals surface area contributed by atoms with Crippen LogP contribution in [0.2, 0.25) is 0 Å². The number of imidazole rings is 1. The van der Waals surface area contributed by atoms with Crippen molar-refractivity contribution in [2.75, 3.05) is 24.2 Å². The van der Waals surface area contributed by atoms with Crippen LogP contribution in [0, 0.1) is 13.8 Å². The molecule has 4 aromatic rings. The van der Waals surface area contributed by atoms with Gasteiger partial charge in [-0.15, -0.1) is 0 Å². The minimum atomic E-state index is -3.23. The zero-order chi connectivity index (χ0) is 26.5. The first-order valence-electron chi connectivity index (χ1n) is 11.9. The Kier molecular flexibility index (Phi) is 6.59. The molecule has 1 unspecified atom stereocenters. The van der Waals surface area contributed by atoms with Crippen LogP contribution in [0.4, 0.5) is 5.69 Å². The highest BCUT2D eigenvalue weighted by atomic mass is 79.9. The van der Waals surface area contributed by atoms with Gasteiger partial charge in [0.05, 0.1) is 21.5 Å². The van der Waals surface area contributed by atoms with Gasteiger partial charge in [-0.25, -0.2) is 23.2 Å². The van der Waals surface area contributed by atoms with Crippen LogP contribution in [0.25, 0.3) is 28.2 Å². The average Bonchev–Trinajstić information content (AvgIpc) is 3.58. The van der Waals surface area contributed by atoms with Gasteiger partial charge in [0, 0.05) is 48.0 Å². The summed E-state index contributed by atoms with van der Waals surface area (Å²) in [5.41, 5.74) is 6.00. The number of pyridine rings is 1. The standard InChI is InChI=1S/C25H27BrN6O4S/c1-4-37(35,36)31-10-9-17(13-31)28-21-20(26)12-27-24-22(21)29-23(30-24)19-11-14(2)32(15(19)3)18-7-5-16(6-8-18)25(33)34/h5-8,11-12,17H,4,9-10,13H2,1-3H3,(H,33,34)(H2,27,28,29,30). The van der Waals surface area contributed by atoms with Crippen molar-refractivity contribution in [1.29, 1.82) is 0 Å². The molecule has 3 aromatic heterocycles. The topological polar surface area (TPSA) is 133 Å². The molecule has 0 aliphatic carbocycles. The molecule has 1 aromatic carbocycles. The zero-order valence-electron chi connectivity index (χ0n) is 20.6. The average molecular weight is 588 g/mol. The molecule has 194 valence electrons. The Hall–Kier alpha value is -3.22. The van der Waals surface area contributed by atoms with E-state index in [0.717, 1.165) is 38.3 Å². The Labute approximate surface area is 222 Å². The first kappa shape index (κ1) is 25.4. The third-order valence-electron chi connectivity index (χ3n) is 6.79. The smallest absolute Gasteiger partial charge is 0.335 e. The van der Waals surface area contributed by atoms with Crippen molar-refractivity contribution in [3.8, 4) is 17.1 Å². The minimum Gasteiger partial charge on any atom is -0.478 e. The van der Waals surface area contributed by atoms with E-state index < -0.39 is 16.0 Å². The van der Waals surface area contributed by atoms with E-state index in [1.54, 1.807) is 37.4 Å². The van der Waals surface area contributed by atoms with Crippen LogP contribution in [-0.2, 0) is 10.0 Å². The van der Waals surface area contributed by atoms with E-state index in [4.69, 9.17) is 4.98 Å². The maximum Gasteiger partial charge on any atom is 0.335 e. The summed E-state index contributed by atoms with van der Waals surface area (Å²) in [6.07, 6.45) is 2.40. The number of aromatic carboxylic acids is 1. The van der Waals surface area contributed by atoms with E-state index in [2.05, 4.69) is 35.8 Å². The number of benzene rings is 1. The fraction of sp³-hybridized carbons (Fsp3) is 0.320. The molecule has 1 atom stereocenters. The molecule has 12 heteroatoms. The highest BCUT2D eigenvalue weighted by Gasteiger charge is 2.31. The van der Waals surface area contributed by atoms with E-state index in [0.29, 0.717) is 31.0 Å². The first-order valence-corrected chi connectivity index (χ1v) is 14.3. The molecule has 37 heavy (non-hydrogen) atoms. The van der Waals surface area contributed by atoms with Gasteiger partial charge >= 0.3 is 5.97 Å². The number of carbonyl (C=O) groups is 1. The van der Waals surface area contributed by atoms with Crippen LogP contribution in [-0.4, -0.2) is 68.2 Å². The molecule has 3 N–H and O–H groups in total. The fourth-order valence-electron chi connectivity index (χ4n) is 4.84. The summed E-state index contributed by atoms with van der Waals surface area (Å²) < 4.78 is 28.9. The van der Waals surface area contributed by atoms with Crippen LogP contribution >= 0.6 is 15.9 Å². The molecule has 5 rings (SSSR count). The van der Waals surface area contributed by atoms with Crippen molar-refractivity contribution >= 4 is 48.8 Å². The number of sulfonamides is 1. The molecular weight excluding hydrogens is 560 g/mol. The van der Waals surface area contributed by atoms with Gasteiger partial charge in [-0.05, 0) is 73.5 Å². The number of halogens is 1. The predicted octanol–water partition coefficient (Wildman–Crippen LogP) is 4.33. The lowest BCUT2D eigenvalue weighted by molar-refractivity contribution is 0.0697. The van der Waals surface area contributed by atoms with Crippen LogP contribution in [0.3, 0.4) is 0 Å². The van der Waals surface area contributed by atoms with E-state index in [1.807, 2.05) is 19.9 Å². The third-order valence-corrected chi connectivity index (χ3v) is 9.24. The van der Waals surface area contributed by atoms with Crippen LogP contribution < -0.4 is 5.32 Å². The molecule has 1 fully saturated rings. The number of aryl methyl sites for hydroxylation is 1. The predicted molar refractivity (Wildman–Crippen MR) is 146 cm³/mol. The normalized spacial score (nSPS) is 16.5. The van der Waals surface area contributed by atoms with Gasteiger partial charge in [0.15, 0.2) is 5.65 Å². The lowest BCUT2D eigenvalue weighted by atomic mass is 10.2. The molecular formula is C25H27BrN6O4S. The van der Waals surface area contributed by atoms with E-state index >= 15 is 0 Å². The summed E-state index contributed by atoms with van der Waals surface area (Å²) >= 11 is 3.58. The SMILES string of the molecule is CCS(=O)(=O)N1CCC(Nc2c(Br)cnc3nc(-c4cc(C)n(-c5ccc(C(=O)O)cc5)c4C)[nH]c23)C1. The number of aromatic nitrogens is 4. The Morgan fingerprint density at radius 1 is 1.27 bits per heavy atom. The van der Waals surface area contributed by atoms with E-state index in [1.165, 1.54) is 4.31 Å². The van der Waals surface area contributed by atoms with Gasteiger partial charge in [0.1, 0.15) is 11.3 Å². The molecule has 0 amide bonds. The number of nitrogens with one attached hydrogen (secondary N) is 2. The lowest BCUT2D eigenvalue weighted by Gasteiger charge is -2.17. The van der Waals surface area contributed by atoms with Gasteiger partial charge in [-0.1, -0.05) is 0 Å². The highest BCUT2D eigenvalue weighted by molar-refractivity contribution is 9.10. The van der Waals surface area contributed by atoms with Crippen molar-refractivity contribution in [2.24, 2.45) is 0 Å². The highest BCUT2D eigenvalue weighted by Crippen LogP contribution is 2.34. The summed E-state index contributed by atoms with van der Waals surface area (Å²) in [6, 6.07) is 8.75. The number of anilines is 1. The quantitative estimate of drug-likeness (QED) is 0.293. The Morgan fingerprint density at radius 3 is 2.68 bits per heavy atom. The Morgan fingerprint density at radius 2 is 2.00 bits per heavy atom. The van der Waals surface area contributed by atoms with Gasteiger partial charge in [-0.3, -0.25) is 0 Å². The number of H-pyrrole nitrogens is 1. The molecule has 0 bridgehead atoms. The minimum absolute atomic E-state index is 0.0335. The molecule has 0 spiro atoms. The number of hydrogen-bond acceptors (Lipinski definition) is 6. The Balaban J connectivity index is 1.48.